The van der Waals surface area contributed by atoms with Gasteiger partial charge in [-0.25, -0.2) is 0 Å². The highest BCUT2D eigenvalue weighted by atomic mass is 16.5. The lowest BCUT2D eigenvalue weighted by molar-refractivity contribution is -0.151. The molecule has 1 fully saturated rings. The molecule has 6 nitrogen and oxygen atoms in total. The van der Waals surface area contributed by atoms with E-state index in [1.165, 1.54) is 12.7 Å². The number of benzene rings is 1. The summed E-state index contributed by atoms with van der Waals surface area (Å²) in [6, 6.07) is 8.00. The van der Waals surface area contributed by atoms with Crippen LogP contribution in [0.2, 0.25) is 0 Å². The highest BCUT2D eigenvalue weighted by Crippen LogP contribution is 2.33. The molecule has 2 aromatic rings. The van der Waals surface area contributed by atoms with Crippen LogP contribution in [0.1, 0.15) is 43.2 Å². The van der Waals surface area contributed by atoms with Gasteiger partial charge in [0.1, 0.15) is 11.1 Å². The second kappa shape index (κ2) is 6.43. The predicted octanol–water partition coefficient (Wildman–Crippen LogP) is 3.03. The lowest BCUT2D eigenvalue weighted by Gasteiger charge is -2.23. The number of nitrogens with zero attached hydrogens (tertiary/aromatic N) is 1. The Morgan fingerprint density at radius 3 is 2.65 bits per heavy atom. The predicted molar refractivity (Wildman–Crippen MR) is 99.5 cm³/mol. The number of carbonyl (C=O) groups excluding carboxylic acids is 1. The Bertz CT molecular complexity index is 849. The van der Waals surface area contributed by atoms with Gasteiger partial charge in [-0.1, -0.05) is 32.9 Å². The molecule has 0 saturated carbocycles. The third-order valence-corrected chi connectivity index (χ3v) is 5.23. The number of aliphatic carboxylic acids is 1. The van der Waals surface area contributed by atoms with Crippen molar-refractivity contribution in [3.8, 4) is 0 Å². The number of aromatic nitrogens is 1. The Hall–Kier alpha value is -2.34. The smallest absolute Gasteiger partial charge is 0.313 e. The topological polar surface area (TPSA) is 82.6 Å². The number of likely N-dealkylation sites (tertiary alicyclic amines) is 1. The molecule has 1 aromatic heterocycles. The van der Waals surface area contributed by atoms with E-state index in [0.717, 1.165) is 10.9 Å². The second-order valence-corrected chi connectivity index (χ2v) is 8.23. The number of aromatic amines is 1. The number of carboxylic acids is 1. The van der Waals surface area contributed by atoms with Crippen LogP contribution < -0.4 is 0 Å². The molecule has 0 aliphatic carbocycles. The third-order valence-electron chi connectivity index (χ3n) is 5.23. The van der Waals surface area contributed by atoms with Crippen molar-refractivity contribution in [3.05, 3.63) is 35.5 Å². The quantitative estimate of drug-likeness (QED) is 0.880. The van der Waals surface area contributed by atoms with Crippen molar-refractivity contribution in [3.63, 3.8) is 0 Å². The zero-order valence-electron chi connectivity index (χ0n) is 15.8. The summed E-state index contributed by atoms with van der Waals surface area (Å²) in [4.78, 5) is 29.3. The van der Waals surface area contributed by atoms with Crippen LogP contribution in [0.15, 0.2) is 24.3 Å². The Balaban J connectivity index is 1.85. The third kappa shape index (κ3) is 3.21. The number of fused-ring (bicyclic) bond motifs is 1. The van der Waals surface area contributed by atoms with E-state index in [0.29, 0.717) is 18.7 Å². The maximum absolute atomic E-state index is 12.9. The van der Waals surface area contributed by atoms with E-state index in [4.69, 9.17) is 4.74 Å². The van der Waals surface area contributed by atoms with Crippen LogP contribution in [0.3, 0.4) is 0 Å². The van der Waals surface area contributed by atoms with Gasteiger partial charge in [0.25, 0.3) is 5.91 Å². The second-order valence-electron chi connectivity index (χ2n) is 8.23. The van der Waals surface area contributed by atoms with Gasteiger partial charge in [0, 0.05) is 31.1 Å². The summed E-state index contributed by atoms with van der Waals surface area (Å²) >= 11 is 0. The Morgan fingerprint density at radius 2 is 2.04 bits per heavy atom. The van der Waals surface area contributed by atoms with Gasteiger partial charge in [0.2, 0.25) is 0 Å². The van der Waals surface area contributed by atoms with Crippen molar-refractivity contribution in [2.24, 2.45) is 5.41 Å². The monoisotopic (exact) mass is 358 g/mol. The summed E-state index contributed by atoms with van der Waals surface area (Å²) in [5, 5.41) is 10.5. The minimum absolute atomic E-state index is 0.0274. The molecule has 140 valence electrons. The maximum atomic E-state index is 12.9. The minimum Gasteiger partial charge on any atom is -0.481 e. The largest absolute Gasteiger partial charge is 0.481 e. The molecule has 0 bridgehead atoms. The van der Waals surface area contributed by atoms with E-state index in [2.05, 4.69) is 37.9 Å². The number of carboxylic acid groups (broad SMARTS) is 1. The van der Waals surface area contributed by atoms with Crippen LogP contribution in [-0.2, 0) is 14.9 Å². The van der Waals surface area contributed by atoms with Crippen LogP contribution in [0.5, 0.6) is 0 Å². The molecule has 6 heteroatoms. The van der Waals surface area contributed by atoms with Crippen LogP contribution in [0.25, 0.3) is 10.9 Å². The molecule has 1 aliphatic heterocycles. The normalized spacial score (nSPS) is 20.7. The first-order valence-corrected chi connectivity index (χ1v) is 8.81. The van der Waals surface area contributed by atoms with Crippen molar-refractivity contribution in [2.45, 2.75) is 32.6 Å². The first-order chi connectivity index (χ1) is 12.2. The standard InChI is InChI=1S/C20H26N2O4/c1-19(2,3)14-6-5-13-9-16(21-15(13)10-14)17(23)22-8-7-20(11-22,12-26-4)18(24)25/h5-6,9-10,21H,7-8,11-12H2,1-4H3,(H,24,25). The Kier molecular flexibility index (Phi) is 4.56. The van der Waals surface area contributed by atoms with Gasteiger partial charge < -0.3 is 19.7 Å². The number of nitrogens with one attached hydrogen (secondary N) is 1. The highest BCUT2D eigenvalue weighted by Gasteiger charge is 2.46. The molecule has 2 N–H and O–H groups in total. The van der Waals surface area contributed by atoms with Gasteiger partial charge >= 0.3 is 5.97 Å². The van der Waals surface area contributed by atoms with Crippen molar-refractivity contribution in [1.29, 1.82) is 0 Å². The molecule has 1 aromatic carbocycles. The lowest BCUT2D eigenvalue weighted by atomic mass is 9.87. The molecule has 1 unspecified atom stereocenters. The molecule has 1 aliphatic rings. The van der Waals surface area contributed by atoms with E-state index < -0.39 is 11.4 Å². The molecule has 0 radical (unpaired) electrons. The molecule has 0 spiro atoms. The molecule has 2 heterocycles. The Morgan fingerprint density at radius 1 is 1.31 bits per heavy atom. The average Bonchev–Trinajstić information content (AvgIpc) is 3.17. The van der Waals surface area contributed by atoms with Gasteiger partial charge in [-0.05, 0) is 29.5 Å². The number of hydrogen-bond donors (Lipinski definition) is 2. The van der Waals surface area contributed by atoms with Crippen molar-refractivity contribution < 1.29 is 19.4 Å². The van der Waals surface area contributed by atoms with E-state index in [1.807, 2.05) is 12.1 Å². The molecular formula is C20H26N2O4. The molecule has 26 heavy (non-hydrogen) atoms. The number of methoxy groups -OCH3 is 1. The summed E-state index contributed by atoms with van der Waals surface area (Å²) < 4.78 is 5.09. The van der Waals surface area contributed by atoms with Gasteiger partial charge in [-0.3, -0.25) is 9.59 Å². The van der Waals surface area contributed by atoms with E-state index >= 15 is 0 Å². The summed E-state index contributed by atoms with van der Waals surface area (Å²) in [5.41, 5.74) is 1.61. The molecule has 1 atom stereocenters. The highest BCUT2D eigenvalue weighted by molar-refractivity contribution is 5.98. The average molecular weight is 358 g/mol. The van der Waals surface area contributed by atoms with Gasteiger partial charge in [0.05, 0.1) is 6.61 Å². The zero-order valence-corrected chi connectivity index (χ0v) is 15.8. The van der Waals surface area contributed by atoms with Crippen LogP contribution in [0.4, 0.5) is 0 Å². The van der Waals surface area contributed by atoms with E-state index in [9.17, 15) is 14.7 Å². The van der Waals surface area contributed by atoms with Gasteiger partial charge in [-0.15, -0.1) is 0 Å². The van der Waals surface area contributed by atoms with Crippen LogP contribution in [-0.4, -0.2) is 53.7 Å². The van der Waals surface area contributed by atoms with Crippen LogP contribution in [0, 0.1) is 5.41 Å². The fourth-order valence-electron chi connectivity index (χ4n) is 3.56. The number of hydrogen-bond acceptors (Lipinski definition) is 3. The zero-order chi connectivity index (χ0) is 19.1. The summed E-state index contributed by atoms with van der Waals surface area (Å²) in [6.07, 6.45) is 0.399. The van der Waals surface area contributed by atoms with Crippen molar-refractivity contribution in [2.75, 3.05) is 26.8 Å². The number of ether oxygens (including phenoxy) is 1. The molecule has 3 rings (SSSR count). The van der Waals surface area contributed by atoms with Gasteiger partial charge in [-0.2, -0.15) is 0 Å². The van der Waals surface area contributed by atoms with Crippen molar-refractivity contribution in [1.82, 2.24) is 9.88 Å². The molecule has 1 saturated heterocycles. The van der Waals surface area contributed by atoms with Gasteiger partial charge in [0.15, 0.2) is 0 Å². The Labute approximate surface area is 153 Å². The number of rotatable bonds is 4. The summed E-state index contributed by atoms with van der Waals surface area (Å²) in [5.74, 6) is -1.08. The van der Waals surface area contributed by atoms with E-state index in [1.54, 1.807) is 4.90 Å². The number of H-pyrrole nitrogens is 1. The van der Waals surface area contributed by atoms with E-state index in [-0.39, 0.29) is 24.5 Å². The van der Waals surface area contributed by atoms with Crippen LogP contribution >= 0.6 is 0 Å². The summed E-state index contributed by atoms with van der Waals surface area (Å²) in [6.45, 7) is 7.13. The molecular weight excluding hydrogens is 332 g/mol. The minimum atomic E-state index is -1.02. The fraction of sp³-hybridized carbons (Fsp3) is 0.500. The first kappa shape index (κ1) is 18.5. The number of carbonyl (C=O) groups is 2. The number of amides is 1. The first-order valence-electron chi connectivity index (χ1n) is 8.81. The maximum Gasteiger partial charge on any atom is 0.313 e. The molecule has 1 amide bonds. The fourth-order valence-corrected chi connectivity index (χ4v) is 3.56. The summed E-state index contributed by atoms with van der Waals surface area (Å²) in [7, 11) is 1.49. The SMILES string of the molecule is COCC1(C(=O)O)CCN(C(=O)c2cc3ccc(C(C)(C)C)cc3[nH]2)C1. The lowest BCUT2D eigenvalue weighted by Crippen LogP contribution is -2.40. The van der Waals surface area contributed by atoms with Crippen molar-refractivity contribution >= 4 is 22.8 Å².